The number of benzene rings is 2. The third-order valence-electron chi connectivity index (χ3n) is 3.49. The first-order valence-electron chi connectivity index (χ1n) is 6.92. The van der Waals surface area contributed by atoms with Gasteiger partial charge in [0.05, 0.1) is 6.61 Å². The maximum absolute atomic E-state index is 9.87. The van der Waals surface area contributed by atoms with Crippen molar-refractivity contribution in [2.24, 2.45) is 0 Å². The van der Waals surface area contributed by atoms with Crippen molar-refractivity contribution in [3.8, 4) is 11.5 Å². The fraction of sp³-hybridized carbons (Fsp3) is 0.294. The molecule has 4 nitrogen and oxygen atoms in total. The molecule has 0 aliphatic heterocycles. The third kappa shape index (κ3) is 3.97. The van der Waals surface area contributed by atoms with Crippen LogP contribution in [-0.4, -0.2) is 17.3 Å². The van der Waals surface area contributed by atoms with Crippen molar-refractivity contribution >= 4 is 0 Å². The lowest BCUT2D eigenvalue weighted by Crippen LogP contribution is -2.19. The van der Waals surface area contributed by atoms with Crippen molar-refractivity contribution in [3.63, 3.8) is 0 Å². The molecule has 112 valence electrons. The lowest BCUT2D eigenvalue weighted by molar-refractivity contribution is 0.184. The van der Waals surface area contributed by atoms with E-state index < -0.39 is 0 Å². The maximum Gasteiger partial charge on any atom is 0.120 e. The topological polar surface area (TPSA) is 61.7 Å². The SMILES string of the molecule is COCc1ccccc1CNC(C)c1cc(O)ccc1O. The fourth-order valence-electron chi connectivity index (χ4n) is 2.29. The Kier molecular flexibility index (Phi) is 5.20. The molecule has 2 rings (SSSR count). The Morgan fingerprint density at radius 1 is 1.10 bits per heavy atom. The van der Waals surface area contributed by atoms with Crippen LogP contribution in [0.5, 0.6) is 11.5 Å². The average molecular weight is 287 g/mol. The van der Waals surface area contributed by atoms with E-state index in [0.717, 1.165) is 11.1 Å². The zero-order valence-corrected chi connectivity index (χ0v) is 12.3. The number of hydrogen-bond donors (Lipinski definition) is 3. The van der Waals surface area contributed by atoms with Crippen molar-refractivity contribution in [1.29, 1.82) is 0 Å². The molecule has 0 aliphatic rings. The standard InChI is InChI=1S/C17H21NO3/c1-12(16-9-15(19)7-8-17(16)20)18-10-13-5-3-4-6-14(13)11-21-2/h3-9,12,18-20H,10-11H2,1-2H3. The van der Waals surface area contributed by atoms with E-state index in [-0.39, 0.29) is 17.5 Å². The van der Waals surface area contributed by atoms with Crippen LogP contribution < -0.4 is 5.32 Å². The van der Waals surface area contributed by atoms with E-state index in [1.165, 1.54) is 12.1 Å². The van der Waals surface area contributed by atoms with Crippen LogP contribution in [0, 0.1) is 0 Å². The lowest BCUT2D eigenvalue weighted by Gasteiger charge is -2.17. The van der Waals surface area contributed by atoms with Crippen molar-refractivity contribution < 1.29 is 14.9 Å². The predicted octanol–water partition coefficient (Wildman–Crippen LogP) is 3.10. The normalized spacial score (nSPS) is 12.3. The van der Waals surface area contributed by atoms with Crippen LogP contribution in [0.15, 0.2) is 42.5 Å². The molecule has 0 aliphatic carbocycles. The molecule has 0 bridgehead atoms. The summed E-state index contributed by atoms with van der Waals surface area (Å²) in [6.07, 6.45) is 0. The Balaban J connectivity index is 2.07. The van der Waals surface area contributed by atoms with Gasteiger partial charge in [0.15, 0.2) is 0 Å². The molecule has 0 fully saturated rings. The molecule has 0 saturated carbocycles. The van der Waals surface area contributed by atoms with Gasteiger partial charge in [-0.2, -0.15) is 0 Å². The van der Waals surface area contributed by atoms with Crippen molar-refractivity contribution in [2.45, 2.75) is 26.1 Å². The van der Waals surface area contributed by atoms with Gasteiger partial charge in [0.1, 0.15) is 11.5 Å². The van der Waals surface area contributed by atoms with Gasteiger partial charge in [-0.05, 0) is 36.2 Å². The molecule has 3 N–H and O–H groups in total. The van der Waals surface area contributed by atoms with E-state index in [9.17, 15) is 10.2 Å². The molecule has 0 amide bonds. The summed E-state index contributed by atoms with van der Waals surface area (Å²) >= 11 is 0. The third-order valence-corrected chi connectivity index (χ3v) is 3.49. The molecule has 2 aromatic rings. The van der Waals surface area contributed by atoms with E-state index >= 15 is 0 Å². The summed E-state index contributed by atoms with van der Waals surface area (Å²) in [5.41, 5.74) is 2.98. The van der Waals surface area contributed by atoms with Crippen molar-refractivity contribution in [3.05, 3.63) is 59.2 Å². The summed E-state index contributed by atoms with van der Waals surface area (Å²) in [5.74, 6) is 0.328. The predicted molar refractivity (Wildman–Crippen MR) is 82.2 cm³/mol. The Hall–Kier alpha value is -2.04. The second-order valence-corrected chi connectivity index (χ2v) is 5.05. The van der Waals surface area contributed by atoms with Crippen molar-refractivity contribution in [1.82, 2.24) is 5.32 Å². The molecule has 1 atom stereocenters. The van der Waals surface area contributed by atoms with Gasteiger partial charge >= 0.3 is 0 Å². The van der Waals surface area contributed by atoms with Gasteiger partial charge in [-0.25, -0.2) is 0 Å². The van der Waals surface area contributed by atoms with E-state index in [0.29, 0.717) is 18.7 Å². The Morgan fingerprint density at radius 2 is 1.81 bits per heavy atom. The van der Waals surface area contributed by atoms with Crippen LogP contribution in [0.25, 0.3) is 0 Å². The minimum Gasteiger partial charge on any atom is -0.508 e. The molecule has 4 heteroatoms. The largest absolute Gasteiger partial charge is 0.508 e. The molecular formula is C17H21NO3. The number of hydrogen-bond acceptors (Lipinski definition) is 4. The number of phenols is 2. The Bertz CT molecular complexity index is 598. The van der Waals surface area contributed by atoms with Crippen LogP contribution in [0.1, 0.15) is 29.7 Å². The summed E-state index contributed by atoms with van der Waals surface area (Å²) < 4.78 is 5.19. The summed E-state index contributed by atoms with van der Waals surface area (Å²) in [4.78, 5) is 0. The number of aromatic hydroxyl groups is 2. The van der Waals surface area contributed by atoms with Crippen LogP contribution in [-0.2, 0) is 17.9 Å². The second kappa shape index (κ2) is 7.11. The highest BCUT2D eigenvalue weighted by atomic mass is 16.5. The van der Waals surface area contributed by atoms with Gasteiger partial charge in [0.2, 0.25) is 0 Å². The molecule has 0 saturated heterocycles. The zero-order chi connectivity index (χ0) is 15.2. The number of nitrogens with one attached hydrogen (secondary N) is 1. The fourth-order valence-corrected chi connectivity index (χ4v) is 2.29. The minimum atomic E-state index is -0.0762. The summed E-state index contributed by atoms with van der Waals surface area (Å²) in [6, 6.07) is 12.5. The summed E-state index contributed by atoms with van der Waals surface area (Å²) in [5, 5.41) is 22.8. The monoisotopic (exact) mass is 287 g/mol. The highest BCUT2D eigenvalue weighted by Crippen LogP contribution is 2.28. The maximum atomic E-state index is 9.87. The quantitative estimate of drug-likeness (QED) is 0.714. The van der Waals surface area contributed by atoms with Crippen LogP contribution in [0.2, 0.25) is 0 Å². The number of phenolic OH excluding ortho intramolecular Hbond substituents is 2. The summed E-state index contributed by atoms with van der Waals surface area (Å²) in [7, 11) is 1.68. The average Bonchev–Trinajstić information content (AvgIpc) is 2.49. The molecule has 0 heterocycles. The van der Waals surface area contributed by atoms with Gasteiger partial charge < -0.3 is 20.3 Å². The molecular weight excluding hydrogens is 266 g/mol. The van der Waals surface area contributed by atoms with E-state index in [1.54, 1.807) is 13.2 Å². The van der Waals surface area contributed by atoms with Gasteiger partial charge in [-0.1, -0.05) is 24.3 Å². The van der Waals surface area contributed by atoms with E-state index in [4.69, 9.17) is 4.74 Å². The van der Waals surface area contributed by atoms with Crippen LogP contribution >= 0.6 is 0 Å². The minimum absolute atomic E-state index is 0.0762. The Morgan fingerprint density at radius 3 is 2.52 bits per heavy atom. The molecule has 0 aromatic heterocycles. The van der Waals surface area contributed by atoms with Gasteiger partial charge in [-0.3, -0.25) is 0 Å². The van der Waals surface area contributed by atoms with Crippen LogP contribution in [0.3, 0.4) is 0 Å². The number of methoxy groups -OCH3 is 1. The lowest BCUT2D eigenvalue weighted by atomic mass is 10.0. The van der Waals surface area contributed by atoms with E-state index in [2.05, 4.69) is 11.4 Å². The smallest absolute Gasteiger partial charge is 0.120 e. The number of rotatable bonds is 6. The van der Waals surface area contributed by atoms with E-state index in [1.807, 2.05) is 25.1 Å². The van der Waals surface area contributed by atoms with Crippen LogP contribution in [0.4, 0.5) is 0 Å². The molecule has 0 spiro atoms. The first-order valence-corrected chi connectivity index (χ1v) is 6.92. The molecule has 1 unspecified atom stereocenters. The van der Waals surface area contributed by atoms with Gasteiger partial charge in [0, 0.05) is 25.3 Å². The highest BCUT2D eigenvalue weighted by Gasteiger charge is 2.11. The first kappa shape index (κ1) is 15.4. The second-order valence-electron chi connectivity index (χ2n) is 5.05. The van der Waals surface area contributed by atoms with Gasteiger partial charge in [-0.15, -0.1) is 0 Å². The Labute approximate surface area is 125 Å². The van der Waals surface area contributed by atoms with Crippen molar-refractivity contribution in [2.75, 3.05) is 7.11 Å². The summed E-state index contributed by atoms with van der Waals surface area (Å²) in [6.45, 7) is 3.19. The zero-order valence-electron chi connectivity index (χ0n) is 12.3. The molecule has 2 aromatic carbocycles. The van der Waals surface area contributed by atoms with Gasteiger partial charge in [0.25, 0.3) is 0 Å². The molecule has 0 radical (unpaired) electrons. The number of ether oxygens (including phenoxy) is 1. The molecule has 21 heavy (non-hydrogen) atoms. The first-order chi connectivity index (χ1) is 10.1. The highest BCUT2D eigenvalue weighted by molar-refractivity contribution is 5.40.